The zero-order valence-corrected chi connectivity index (χ0v) is 18.6. The van der Waals surface area contributed by atoms with Crippen molar-refractivity contribution in [1.82, 2.24) is 5.43 Å². The number of nitro groups is 1. The third kappa shape index (κ3) is 6.24. The van der Waals surface area contributed by atoms with Gasteiger partial charge >= 0.3 is 0 Å². The van der Waals surface area contributed by atoms with Gasteiger partial charge in [-0.2, -0.15) is 5.10 Å². The molecule has 0 bridgehead atoms. The second-order valence-electron chi connectivity index (χ2n) is 7.52. The molecule has 3 aromatic rings. The van der Waals surface area contributed by atoms with E-state index in [1.165, 1.54) is 24.4 Å². The van der Waals surface area contributed by atoms with E-state index in [0.717, 1.165) is 0 Å². The van der Waals surface area contributed by atoms with Crippen LogP contribution in [0.5, 0.6) is 5.75 Å². The number of carbonyl (C=O) groups is 2. The Hall–Kier alpha value is -4.04. The van der Waals surface area contributed by atoms with Crippen LogP contribution in [0.25, 0.3) is 0 Å². The summed E-state index contributed by atoms with van der Waals surface area (Å²) in [7, 11) is 0. The minimum Gasteiger partial charge on any atom is -0.478 e. The molecule has 3 rings (SSSR count). The molecule has 0 aliphatic carbocycles. The van der Waals surface area contributed by atoms with Gasteiger partial charge in [-0.25, -0.2) is 5.43 Å². The average molecular weight is 466 g/mol. The van der Waals surface area contributed by atoms with Crippen LogP contribution in [0.1, 0.15) is 35.3 Å². The van der Waals surface area contributed by atoms with E-state index < -0.39 is 16.4 Å². The molecule has 33 heavy (non-hydrogen) atoms. The number of nitrogens with one attached hydrogen (secondary N) is 1. The van der Waals surface area contributed by atoms with Crippen LogP contribution in [0.2, 0.25) is 5.02 Å². The van der Waals surface area contributed by atoms with E-state index in [9.17, 15) is 19.7 Å². The molecule has 0 spiro atoms. The fourth-order valence-electron chi connectivity index (χ4n) is 2.80. The van der Waals surface area contributed by atoms with Crippen LogP contribution in [0, 0.1) is 10.1 Å². The van der Waals surface area contributed by atoms with E-state index in [-0.39, 0.29) is 11.5 Å². The first kappa shape index (κ1) is 23.6. The van der Waals surface area contributed by atoms with Crippen molar-refractivity contribution in [3.8, 4) is 5.75 Å². The molecule has 0 radical (unpaired) electrons. The fourth-order valence-corrected chi connectivity index (χ4v) is 2.93. The minimum atomic E-state index is -1.28. The Morgan fingerprint density at radius 2 is 1.64 bits per heavy atom. The molecule has 1 amide bonds. The zero-order chi connectivity index (χ0) is 24.0. The maximum atomic E-state index is 12.6. The molecule has 8 nitrogen and oxygen atoms in total. The predicted molar refractivity (Wildman–Crippen MR) is 125 cm³/mol. The maximum Gasteiger partial charge on any atom is 0.283 e. The highest BCUT2D eigenvalue weighted by Gasteiger charge is 2.30. The second-order valence-corrected chi connectivity index (χ2v) is 7.96. The van der Waals surface area contributed by atoms with Gasteiger partial charge in [0.25, 0.3) is 11.6 Å². The topological polar surface area (TPSA) is 111 Å². The van der Waals surface area contributed by atoms with Gasteiger partial charge in [-0.15, -0.1) is 0 Å². The molecule has 0 aliphatic rings. The molecule has 3 aromatic carbocycles. The van der Waals surface area contributed by atoms with Crippen molar-refractivity contribution >= 4 is 35.2 Å². The van der Waals surface area contributed by atoms with Crippen LogP contribution in [0.4, 0.5) is 5.69 Å². The van der Waals surface area contributed by atoms with Gasteiger partial charge in [-0.1, -0.05) is 23.7 Å². The molecule has 0 aliphatic heterocycles. The number of benzene rings is 3. The Labute approximate surface area is 195 Å². The van der Waals surface area contributed by atoms with E-state index in [2.05, 4.69) is 10.5 Å². The molecule has 0 saturated heterocycles. The second kappa shape index (κ2) is 10.1. The van der Waals surface area contributed by atoms with Crippen molar-refractivity contribution in [2.75, 3.05) is 0 Å². The summed E-state index contributed by atoms with van der Waals surface area (Å²) >= 11 is 5.86. The molecule has 0 aromatic heterocycles. The third-order valence-electron chi connectivity index (χ3n) is 4.60. The summed E-state index contributed by atoms with van der Waals surface area (Å²) < 4.78 is 5.77. The molecular weight excluding hydrogens is 446 g/mol. The highest BCUT2D eigenvalue weighted by atomic mass is 35.5. The van der Waals surface area contributed by atoms with E-state index in [1.54, 1.807) is 68.4 Å². The molecule has 0 heterocycles. The first-order valence-electron chi connectivity index (χ1n) is 9.83. The van der Waals surface area contributed by atoms with E-state index in [4.69, 9.17) is 16.3 Å². The minimum absolute atomic E-state index is 0.0769. The van der Waals surface area contributed by atoms with Crippen molar-refractivity contribution in [1.29, 1.82) is 0 Å². The number of nitrogens with zero attached hydrogens (tertiary/aromatic N) is 2. The molecule has 0 saturated carbocycles. The van der Waals surface area contributed by atoms with Crippen LogP contribution in [0.15, 0.2) is 77.9 Å². The van der Waals surface area contributed by atoms with Gasteiger partial charge in [-0.3, -0.25) is 19.7 Å². The number of carbonyl (C=O) groups excluding carboxylic acids is 2. The van der Waals surface area contributed by atoms with Gasteiger partial charge in [-0.05, 0) is 62.4 Å². The van der Waals surface area contributed by atoms with E-state index in [1.807, 2.05) is 0 Å². The van der Waals surface area contributed by atoms with Crippen LogP contribution in [-0.4, -0.2) is 28.4 Å². The largest absolute Gasteiger partial charge is 0.478 e. The number of hydrazone groups is 1. The van der Waals surface area contributed by atoms with Crippen LogP contribution in [0.3, 0.4) is 0 Å². The van der Waals surface area contributed by atoms with E-state index in [0.29, 0.717) is 27.5 Å². The number of amides is 1. The monoisotopic (exact) mass is 465 g/mol. The van der Waals surface area contributed by atoms with Crippen molar-refractivity contribution < 1.29 is 19.2 Å². The normalized spacial score (nSPS) is 11.2. The summed E-state index contributed by atoms with van der Waals surface area (Å²) in [4.78, 5) is 35.4. The highest BCUT2D eigenvalue weighted by Crippen LogP contribution is 2.21. The number of ketones is 1. The van der Waals surface area contributed by atoms with Gasteiger partial charge in [0.05, 0.1) is 11.1 Å². The lowest BCUT2D eigenvalue weighted by Crippen LogP contribution is -2.44. The number of halogens is 1. The average Bonchev–Trinajstić information content (AvgIpc) is 2.79. The first-order chi connectivity index (χ1) is 15.7. The molecule has 0 atom stereocenters. The summed E-state index contributed by atoms with van der Waals surface area (Å²) in [5.74, 6) is -0.290. The van der Waals surface area contributed by atoms with Crippen LogP contribution >= 0.6 is 11.6 Å². The quantitative estimate of drug-likeness (QED) is 0.222. The molecule has 0 unspecified atom stereocenters. The predicted octanol–water partition coefficient (Wildman–Crippen LogP) is 4.79. The van der Waals surface area contributed by atoms with Crippen LogP contribution < -0.4 is 10.2 Å². The Kier molecular flexibility index (Phi) is 7.20. The summed E-state index contributed by atoms with van der Waals surface area (Å²) in [5, 5.41) is 15.2. The van der Waals surface area contributed by atoms with E-state index >= 15 is 0 Å². The SMILES string of the molecule is CC(C)(Oc1ccc(C(=O)c2ccc(Cl)cc2)cc1)C(=O)N/N=C/c1cccc([N+](=O)[O-])c1. The molecular formula is C24H20ClN3O5. The lowest BCUT2D eigenvalue weighted by molar-refractivity contribution is -0.384. The van der Waals surface area contributed by atoms with Crippen molar-refractivity contribution in [3.05, 3.63) is 105 Å². The van der Waals surface area contributed by atoms with Gasteiger partial charge in [0, 0.05) is 33.8 Å². The number of hydrogen-bond donors (Lipinski definition) is 1. The first-order valence-corrected chi connectivity index (χ1v) is 10.2. The lowest BCUT2D eigenvalue weighted by atomic mass is 10.0. The summed E-state index contributed by atoms with van der Waals surface area (Å²) in [5.41, 5.74) is 2.45. The summed E-state index contributed by atoms with van der Waals surface area (Å²) in [6, 6.07) is 18.9. The fraction of sp³-hybridized carbons (Fsp3) is 0.125. The number of ether oxygens (including phenoxy) is 1. The zero-order valence-electron chi connectivity index (χ0n) is 17.8. The highest BCUT2D eigenvalue weighted by molar-refractivity contribution is 6.30. The smallest absolute Gasteiger partial charge is 0.283 e. The molecule has 1 N–H and O–H groups in total. The molecule has 0 fully saturated rings. The van der Waals surface area contributed by atoms with Crippen molar-refractivity contribution in [2.45, 2.75) is 19.4 Å². The van der Waals surface area contributed by atoms with Gasteiger partial charge in [0.2, 0.25) is 0 Å². The van der Waals surface area contributed by atoms with Gasteiger partial charge < -0.3 is 4.74 Å². The standard InChI is InChI=1S/C24H20ClN3O5/c1-24(2,23(30)27-26-15-16-4-3-5-20(14-16)28(31)32)33-21-12-8-18(9-13-21)22(29)17-6-10-19(25)11-7-17/h3-15H,1-2H3,(H,27,30)/b26-15+. The number of hydrogen-bond acceptors (Lipinski definition) is 6. The maximum absolute atomic E-state index is 12.6. The Morgan fingerprint density at radius 1 is 1.03 bits per heavy atom. The van der Waals surface area contributed by atoms with Gasteiger partial charge in [0.1, 0.15) is 5.75 Å². The Morgan fingerprint density at radius 3 is 2.24 bits per heavy atom. The number of nitro benzene ring substituents is 1. The number of non-ortho nitro benzene ring substituents is 1. The van der Waals surface area contributed by atoms with Crippen molar-refractivity contribution in [2.24, 2.45) is 5.10 Å². The van der Waals surface area contributed by atoms with Crippen molar-refractivity contribution in [3.63, 3.8) is 0 Å². The van der Waals surface area contributed by atoms with Crippen LogP contribution in [-0.2, 0) is 4.79 Å². The summed E-state index contributed by atoms with van der Waals surface area (Å²) in [6.07, 6.45) is 1.30. The lowest BCUT2D eigenvalue weighted by Gasteiger charge is -2.24. The van der Waals surface area contributed by atoms with Gasteiger partial charge in [0.15, 0.2) is 11.4 Å². The third-order valence-corrected chi connectivity index (χ3v) is 4.86. The Bertz CT molecular complexity index is 1210. The summed E-state index contributed by atoms with van der Waals surface area (Å²) in [6.45, 7) is 3.13. The number of rotatable bonds is 8. The molecule has 168 valence electrons. The Balaban J connectivity index is 1.61. The molecule has 9 heteroatoms.